The predicted octanol–water partition coefficient (Wildman–Crippen LogP) is 5.35. The van der Waals surface area contributed by atoms with Crippen molar-refractivity contribution in [2.24, 2.45) is 0 Å². The number of nitro benzene ring substituents is 2. The number of hydrogen-bond acceptors (Lipinski definition) is 7. The quantitative estimate of drug-likeness (QED) is 0.267. The van der Waals surface area contributed by atoms with Gasteiger partial charge in [-0.2, -0.15) is 0 Å². The lowest BCUT2D eigenvalue weighted by atomic mass is 10.1. The van der Waals surface area contributed by atoms with Crippen LogP contribution >= 0.6 is 23.2 Å². The van der Waals surface area contributed by atoms with Crippen LogP contribution < -0.4 is 5.32 Å². The highest BCUT2D eigenvalue weighted by molar-refractivity contribution is 6.34. The first-order valence-electron chi connectivity index (χ1n) is 9.12. The number of non-ortho nitro benzene ring substituents is 2. The maximum absolute atomic E-state index is 13.0. The van der Waals surface area contributed by atoms with E-state index in [1.165, 1.54) is 6.07 Å². The Kier molecular flexibility index (Phi) is 7.21. The lowest BCUT2D eigenvalue weighted by Crippen LogP contribution is -2.26. The van der Waals surface area contributed by atoms with Gasteiger partial charge in [0.15, 0.2) is 0 Å². The van der Waals surface area contributed by atoms with Crippen molar-refractivity contribution >= 4 is 52.1 Å². The van der Waals surface area contributed by atoms with E-state index in [0.717, 1.165) is 30.3 Å². The Morgan fingerprint density at radius 3 is 1.97 bits per heavy atom. The highest BCUT2D eigenvalue weighted by Crippen LogP contribution is 2.30. The zero-order valence-electron chi connectivity index (χ0n) is 16.4. The maximum Gasteiger partial charge on any atom is 0.340 e. The van der Waals surface area contributed by atoms with E-state index in [9.17, 15) is 29.8 Å². The molecule has 1 atom stereocenters. The van der Waals surface area contributed by atoms with Crippen molar-refractivity contribution in [3.8, 4) is 0 Å². The molecule has 0 spiro atoms. The average Bonchev–Trinajstić information content (AvgIpc) is 2.78. The van der Waals surface area contributed by atoms with E-state index in [1.807, 2.05) is 0 Å². The number of anilines is 1. The summed E-state index contributed by atoms with van der Waals surface area (Å²) in [6.45, 7) is 0. The Hall–Kier alpha value is -4.02. The molecule has 3 rings (SSSR count). The largest absolute Gasteiger partial charge is 0.444 e. The van der Waals surface area contributed by atoms with E-state index < -0.39 is 27.8 Å². The monoisotopic (exact) mass is 489 g/mol. The molecule has 1 N–H and O–H groups in total. The first-order valence-corrected chi connectivity index (χ1v) is 9.87. The smallest absolute Gasteiger partial charge is 0.340 e. The first-order chi connectivity index (χ1) is 15.7. The van der Waals surface area contributed by atoms with Gasteiger partial charge in [0.05, 0.1) is 31.1 Å². The number of benzene rings is 3. The minimum absolute atomic E-state index is 0.0672. The van der Waals surface area contributed by atoms with Gasteiger partial charge in [-0.05, 0) is 12.1 Å². The molecule has 0 bridgehead atoms. The number of esters is 1. The summed E-state index contributed by atoms with van der Waals surface area (Å²) >= 11 is 12.0. The van der Waals surface area contributed by atoms with Crippen LogP contribution in [0.25, 0.3) is 0 Å². The fourth-order valence-electron chi connectivity index (χ4n) is 2.77. The zero-order valence-corrected chi connectivity index (χ0v) is 17.9. The topological polar surface area (TPSA) is 142 Å². The third-order valence-electron chi connectivity index (χ3n) is 4.37. The van der Waals surface area contributed by atoms with Gasteiger partial charge in [-0.25, -0.2) is 4.79 Å². The number of amides is 1. The Morgan fingerprint density at radius 1 is 0.848 bits per heavy atom. The molecule has 168 valence electrons. The van der Waals surface area contributed by atoms with Crippen molar-refractivity contribution in [3.05, 3.63) is 108 Å². The van der Waals surface area contributed by atoms with Crippen molar-refractivity contribution in [2.45, 2.75) is 6.10 Å². The van der Waals surface area contributed by atoms with Gasteiger partial charge in [-0.15, -0.1) is 0 Å². The summed E-state index contributed by atoms with van der Waals surface area (Å²) in [5.74, 6) is -1.78. The van der Waals surface area contributed by atoms with Crippen molar-refractivity contribution in [1.29, 1.82) is 0 Å². The number of nitrogens with zero attached hydrogens (tertiary/aromatic N) is 2. The molecule has 3 aromatic carbocycles. The van der Waals surface area contributed by atoms with E-state index >= 15 is 0 Å². The van der Waals surface area contributed by atoms with Gasteiger partial charge in [-0.1, -0.05) is 53.5 Å². The number of nitro groups is 2. The Balaban J connectivity index is 1.88. The minimum atomic E-state index is -1.45. The summed E-state index contributed by atoms with van der Waals surface area (Å²) in [5, 5.41) is 23.9. The molecule has 33 heavy (non-hydrogen) atoms. The van der Waals surface area contributed by atoms with Crippen molar-refractivity contribution in [3.63, 3.8) is 0 Å². The minimum Gasteiger partial charge on any atom is -0.444 e. The molecule has 0 radical (unpaired) electrons. The average molecular weight is 490 g/mol. The molecule has 12 heteroatoms. The molecule has 0 aliphatic carbocycles. The fourth-order valence-corrected chi connectivity index (χ4v) is 3.25. The Morgan fingerprint density at radius 2 is 1.42 bits per heavy atom. The van der Waals surface area contributed by atoms with Crippen LogP contribution in [0.1, 0.15) is 22.0 Å². The standard InChI is InChI=1S/C21H13Cl2N3O7/c22-16-10-13(25(29)30)6-8-15(16)21(28)33-19(12-4-2-1-3-5-12)20(27)24-18-9-7-14(26(31)32)11-17(18)23/h1-11,19H,(H,24,27). The third-order valence-corrected chi connectivity index (χ3v) is 5.00. The third kappa shape index (κ3) is 5.62. The van der Waals surface area contributed by atoms with E-state index in [4.69, 9.17) is 27.9 Å². The summed E-state index contributed by atoms with van der Waals surface area (Å²) in [6, 6.07) is 14.7. The van der Waals surface area contributed by atoms with Crippen LogP contribution in [-0.2, 0) is 9.53 Å². The highest BCUT2D eigenvalue weighted by Gasteiger charge is 2.28. The molecule has 0 aliphatic rings. The number of hydrogen-bond donors (Lipinski definition) is 1. The second-order valence-corrected chi connectivity index (χ2v) is 7.34. The summed E-state index contributed by atoms with van der Waals surface area (Å²) in [4.78, 5) is 46.1. The number of nitrogens with one attached hydrogen (secondary N) is 1. The molecule has 1 amide bonds. The molecule has 0 aromatic heterocycles. The molecule has 1 unspecified atom stereocenters. The van der Waals surface area contributed by atoms with E-state index in [0.29, 0.717) is 5.56 Å². The second kappa shape index (κ2) is 10.1. The lowest BCUT2D eigenvalue weighted by molar-refractivity contribution is -0.385. The van der Waals surface area contributed by atoms with Gasteiger partial charge >= 0.3 is 5.97 Å². The van der Waals surface area contributed by atoms with E-state index in [2.05, 4.69) is 5.32 Å². The molecule has 0 heterocycles. The van der Waals surface area contributed by atoms with Crippen LogP contribution in [0.5, 0.6) is 0 Å². The number of rotatable bonds is 7. The summed E-state index contributed by atoms with van der Waals surface area (Å²) < 4.78 is 5.38. The van der Waals surface area contributed by atoms with Crippen LogP contribution in [0.3, 0.4) is 0 Å². The molecule has 0 aliphatic heterocycles. The number of halogens is 2. The summed E-state index contributed by atoms with van der Waals surface area (Å²) in [6.07, 6.45) is -1.45. The zero-order chi connectivity index (χ0) is 24.1. The second-order valence-electron chi connectivity index (χ2n) is 6.53. The summed E-state index contributed by atoms with van der Waals surface area (Å²) in [5.41, 5.74) is -0.375. The van der Waals surface area contributed by atoms with Crippen molar-refractivity contribution in [1.82, 2.24) is 0 Å². The van der Waals surface area contributed by atoms with Gasteiger partial charge < -0.3 is 10.1 Å². The first kappa shape index (κ1) is 23.6. The van der Waals surface area contributed by atoms with Gasteiger partial charge in [0.2, 0.25) is 6.10 Å². The number of carbonyl (C=O) groups is 2. The van der Waals surface area contributed by atoms with Crippen LogP contribution in [0.4, 0.5) is 17.1 Å². The molecule has 0 saturated heterocycles. The van der Waals surface area contributed by atoms with Crippen LogP contribution in [-0.4, -0.2) is 21.7 Å². The van der Waals surface area contributed by atoms with Gasteiger partial charge in [0.25, 0.3) is 17.3 Å². The van der Waals surface area contributed by atoms with E-state index in [1.54, 1.807) is 30.3 Å². The highest BCUT2D eigenvalue weighted by atomic mass is 35.5. The molecule has 0 saturated carbocycles. The summed E-state index contributed by atoms with van der Waals surface area (Å²) in [7, 11) is 0. The van der Waals surface area contributed by atoms with Crippen molar-refractivity contribution < 1.29 is 24.2 Å². The Labute approximate surface area is 196 Å². The van der Waals surface area contributed by atoms with Gasteiger partial charge in [-0.3, -0.25) is 25.0 Å². The normalized spacial score (nSPS) is 11.3. The van der Waals surface area contributed by atoms with E-state index in [-0.39, 0.29) is 32.7 Å². The number of ether oxygens (including phenoxy) is 1. The number of carbonyl (C=O) groups excluding carboxylic acids is 2. The lowest BCUT2D eigenvalue weighted by Gasteiger charge is -2.19. The molecular weight excluding hydrogens is 477 g/mol. The SMILES string of the molecule is O=C(OC(C(=O)Nc1ccc([N+](=O)[O-])cc1Cl)c1ccccc1)c1ccc([N+](=O)[O-])cc1Cl. The van der Waals surface area contributed by atoms with Crippen LogP contribution in [0.2, 0.25) is 10.0 Å². The molecule has 10 nitrogen and oxygen atoms in total. The van der Waals surface area contributed by atoms with Crippen molar-refractivity contribution in [2.75, 3.05) is 5.32 Å². The predicted molar refractivity (Wildman–Crippen MR) is 119 cm³/mol. The maximum atomic E-state index is 13.0. The molecule has 0 fully saturated rings. The van der Waals surface area contributed by atoms with Gasteiger partial charge in [0.1, 0.15) is 0 Å². The van der Waals surface area contributed by atoms with Gasteiger partial charge in [0, 0.05) is 29.8 Å². The van der Waals surface area contributed by atoms with Crippen LogP contribution in [0.15, 0.2) is 66.7 Å². The Bertz CT molecular complexity index is 1250. The molecule has 3 aromatic rings. The van der Waals surface area contributed by atoms with Crippen LogP contribution in [0, 0.1) is 20.2 Å². The fraction of sp³-hybridized carbons (Fsp3) is 0.0476. The molecular formula is C21H13Cl2N3O7.